The van der Waals surface area contributed by atoms with Crippen molar-refractivity contribution in [3.8, 4) is 11.3 Å². The molecular weight excluding hydrogens is 384 g/mol. The summed E-state index contributed by atoms with van der Waals surface area (Å²) in [5.41, 5.74) is 2.93. The summed E-state index contributed by atoms with van der Waals surface area (Å²) in [6.07, 6.45) is 12.6. The third-order valence-electron chi connectivity index (χ3n) is 8.36. The molecule has 6 atom stereocenters. The Hall–Kier alpha value is -2.21. The normalized spacial score (nSPS) is 34.0. The predicted molar refractivity (Wildman–Crippen MR) is 122 cm³/mol. The van der Waals surface area contributed by atoms with Crippen LogP contribution in [-0.2, 0) is 7.05 Å². The topological polar surface area (TPSA) is 58.9 Å². The molecule has 6 rings (SSSR count). The number of hydrogen-bond acceptors (Lipinski definition) is 5. The van der Waals surface area contributed by atoms with Gasteiger partial charge < -0.3 is 10.2 Å². The molecule has 0 spiro atoms. The van der Waals surface area contributed by atoms with E-state index in [2.05, 4.69) is 43.7 Å². The summed E-state index contributed by atoms with van der Waals surface area (Å²) in [6, 6.07) is 4.10. The van der Waals surface area contributed by atoms with Crippen LogP contribution in [-0.4, -0.2) is 51.1 Å². The van der Waals surface area contributed by atoms with E-state index in [0.717, 1.165) is 64.8 Å². The Bertz CT molecular complexity index is 949. The number of likely N-dealkylation sites (tertiary alicyclic amines) is 1. The standard InChI is InChI=1S/C25H34N6/c1-16-23(15-30(2)29-16)24-5-6-25(28-27-24)26-11-18-9-21-13-31(14-22(21)10-18)12-20-8-17-3-4-19(20)7-17/h3-6,15,17-22H,7-14H2,1-2H3,(H,26,28)/t17?,18?,19?,20?,21-,22+. The molecule has 1 N–H and O–H groups in total. The second-order valence-corrected chi connectivity index (χ2v) is 10.6. The summed E-state index contributed by atoms with van der Waals surface area (Å²) in [6.45, 7) is 7.04. The van der Waals surface area contributed by atoms with E-state index in [1.54, 1.807) is 0 Å². The van der Waals surface area contributed by atoms with E-state index in [1.165, 1.54) is 45.3 Å². The number of hydrogen-bond donors (Lipinski definition) is 1. The smallest absolute Gasteiger partial charge is 0.148 e. The van der Waals surface area contributed by atoms with Crippen LogP contribution in [0.3, 0.4) is 0 Å². The molecule has 4 unspecified atom stereocenters. The molecule has 0 amide bonds. The van der Waals surface area contributed by atoms with E-state index < -0.39 is 0 Å². The van der Waals surface area contributed by atoms with Crippen LogP contribution < -0.4 is 5.32 Å². The Balaban J connectivity index is 0.979. The monoisotopic (exact) mass is 418 g/mol. The zero-order valence-electron chi connectivity index (χ0n) is 18.7. The van der Waals surface area contributed by atoms with Gasteiger partial charge in [0.15, 0.2) is 0 Å². The Morgan fingerprint density at radius 3 is 2.48 bits per heavy atom. The second-order valence-electron chi connectivity index (χ2n) is 10.6. The van der Waals surface area contributed by atoms with Gasteiger partial charge in [0.05, 0.1) is 11.4 Å². The van der Waals surface area contributed by atoms with Crippen molar-refractivity contribution in [2.24, 2.45) is 42.6 Å². The number of anilines is 1. The average molecular weight is 419 g/mol. The van der Waals surface area contributed by atoms with E-state index in [-0.39, 0.29) is 0 Å². The third-order valence-corrected chi connectivity index (χ3v) is 8.36. The highest BCUT2D eigenvalue weighted by Gasteiger charge is 2.43. The summed E-state index contributed by atoms with van der Waals surface area (Å²) in [7, 11) is 1.94. The molecule has 3 fully saturated rings. The van der Waals surface area contributed by atoms with E-state index in [4.69, 9.17) is 0 Å². The number of nitrogens with zero attached hydrogens (tertiary/aromatic N) is 5. The molecule has 31 heavy (non-hydrogen) atoms. The lowest BCUT2D eigenvalue weighted by Gasteiger charge is -2.26. The van der Waals surface area contributed by atoms with Crippen LogP contribution >= 0.6 is 0 Å². The Labute approximate surface area is 185 Å². The molecule has 0 radical (unpaired) electrons. The first-order chi connectivity index (χ1) is 15.1. The molecule has 2 aromatic rings. The minimum atomic E-state index is 0.768. The maximum atomic E-state index is 4.42. The largest absolute Gasteiger partial charge is 0.368 e. The highest BCUT2D eigenvalue weighted by Crippen LogP contribution is 2.46. The molecule has 6 heteroatoms. The molecule has 3 aliphatic carbocycles. The molecule has 2 aromatic heterocycles. The quantitative estimate of drug-likeness (QED) is 0.724. The number of fused-ring (bicyclic) bond motifs is 3. The first-order valence-electron chi connectivity index (χ1n) is 12.1. The van der Waals surface area contributed by atoms with Gasteiger partial charge in [-0.1, -0.05) is 12.2 Å². The van der Waals surface area contributed by atoms with Gasteiger partial charge in [-0.25, -0.2) is 0 Å². The minimum absolute atomic E-state index is 0.768. The molecule has 164 valence electrons. The van der Waals surface area contributed by atoms with Crippen LogP contribution in [0, 0.1) is 42.4 Å². The molecule has 6 nitrogen and oxygen atoms in total. The van der Waals surface area contributed by atoms with Crippen molar-refractivity contribution in [1.29, 1.82) is 0 Å². The molecule has 2 saturated carbocycles. The predicted octanol–water partition coefficient (Wildman–Crippen LogP) is 3.77. The van der Waals surface area contributed by atoms with Crippen molar-refractivity contribution in [2.45, 2.75) is 32.6 Å². The SMILES string of the molecule is Cc1nn(C)cc1-c1ccc(NCC2C[C@@H]3CN(CC4CC5C=CC4C5)C[C@@H]3C2)nn1. The van der Waals surface area contributed by atoms with E-state index in [1.807, 2.05) is 30.9 Å². The van der Waals surface area contributed by atoms with Gasteiger partial charge in [-0.05, 0) is 80.2 Å². The maximum Gasteiger partial charge on any atom is 0.148 e. The van der Waals surface area contributed by atoms with Crippen LogP contribution in [0.25, 0.3) is 11.3 Å². The first-order valence-corrected chi connectivity index (χ1v) is 12.1. The van der Waals surface area contributed by atoms with Crippen molar-refractivity contribution in [3.63, 3.8) is 0 Å². The molecule has 3 heterocycles. The van der Waals surface area contributed by atoms with Crippen LogP contribution in [0.15, 0.2) is 30.5 Å². The Morgan fingerprint density at radius 1 is 1.03 bits per heavy atom. The lowest BCUT2D eigenvalue weighted by Crippen LogP contribution is -2.30. The lowest BCUT2D eigenvalue weighted by molar-refractivity contribution is 0.234. The number of nitrogens with one attached hydrogen (secondary N) is 1. The van der Waals surface area contributed by atoms with Crippen LogP contribution in [0.1, 0.15) is 31.4 Å². The second kappa shape index (κ2) is 7.73. The summed E-state index contributed by atoms with van der Waals surface area (Å²) >= 11 is 0. The van der Waals surface area contributed by atoms with Gasteiger partial charge in [-0.2, -0.15) is 5.10 Å². The van der Waals surface area contributed by atoms with Crippen molar-refractivity contribution in [1.82, 2.24) is 24.9 Å². The molecule has 2 bridgehead atoms. The summed E-state index contributed by atoms with van der Waals surface area (Å²) in [4.78, 5) is 2.79. The van der Waals surface area contributed by atoms with E-state index in [9.17, 15) is 0 Å². The van der Waals surface area contributed by atoms with Gasteiger partial charge >= 0.3 is 0 Å². The summed E-state index contributed by atoms with van der Waals surface area (Å²) in [5, 5.41) is 16.8. The zero-order valence-corrected chi connectivity index (χ0v) is 18.7. The van der Waals surface area contributed by atoms with Crippen LogP contribution in [0.5, 0.6) is 0 Å². The Morgan fingerprint density at radius 2 is 1.87 bits per heavy atom. The van der Waals surface area contributed by atoms with Crippen molar-refractivity contribution >= 4 is 5.82 Å². The molecule has 0 aromatic carbocycles. The van der Waals surface area contributed by atoms with Crippen LogP contribution in [0.2, 0.25) is 0 Å². The fourth-order valence-electron chi connectivity index (χ4n) is 6.94. The highest BCUT2D eigenvalue weighted by atomic mass is 15.3. The number of allylic oxidation sites excluding steroid dienone is 2. The van der Waals surface area contributed by atoms with E-state index >= 15 is 0 Å². The molecule has 4 aliphatic rings. The minimum Gasteiger partial charge on any atom is -0.368 e. The van der Waals surface area contributed by atoms with Crippen molar-refractivity contribution < 1.29 is 0 Å². The van der Waals surface area contributed by atoms with E-state index in [0.29, 0.717) is 0 Å². The molecule has 1 aliphatic heterocycles. The van der Waals surface area contributed by atoms with Gasteiger partial charge in [0, 0.05) is 45.0 Å². The number of aryl methyl sites for hydroxylation is 2. The lowest BCUT2D eigenvalue weighted by atomic mass is 9.93. The number of aromatic nitrogens is 4. The van der Waals surface area contributed by atoms with Gasteiger partial charge in [-0.3, -0.25) is 4.68 Å². The highest BCUT2D eigenvalue weighted by molar-refractivity contribution is 5.61. The number of rotatable bonds is 6. The molecular formula is C25H34N6. The Kier molecular flexibility index (Phi) is 4.86. The summed E-state index contributed by atoms with van der Waals surface area (Å²) < 4.78 is 1.82. The van der Waals surface area contributed by atoms with Crippen molar-refractivity contribution in [3.05, 3.63) is 36.2 Å². The van der Waals surface area contributed by atoms with Gasteiger partial charge in [0.1, 0.15) is 5.82 Å². The fraction of sp³-hybridized carbons (Fsp3) is 0.640. The van der Waals surface area contributed by atoms with Gasteiger partial charge in [0.25, 0.3) is 0 Å². The molecule has 1 saturated heterocycles. The first kappa shape index (κ1) is 19.5. The van der Waals surface area contributed by atoms with Crippen molar-refractivity contribution in [2.75, 3.05) is 31.5 Å². The third kappa shape index (κ3) is 3.79. The van der Waals surface area contributed by atoms with Gasteiger partial charge in [0.2, 0.25) is 0 Å². The zero-order chi connectivity index (χ0) is 20.9. The maximum absolute atomic E-state index is 4.42. The van der Waals surface area contributed by atoms with Crippen LogP contribution in [0.4, 0.5) is 5.82 Å². The fourth-order valence-corrected chi connectivity index (χ4v) is 6.94. The average Bonchev–Trinajstić information content (AvgIpc) is 3.55. The van der Waals surface area contributed by atoms with Gasteiger partial charge in [-0.15, -0.1) is 10.2 Å². The summed E-state index contributed by atoms with van der Waals surface area (Å²) in [5.74, 6) is 6.18.